The van der Waals surface area contributed by atoms with E-state index in [4.69, 9.17) is 22.3 Å². The molecule has 0 radical (unpaired) electrons. The third kappa shape index (κ3) is 4.25. The maximum absolute atomic E-state index is 11.0. The molecule has 4 aromatic rings. The summed E-state index contributed by atoms with van der Waals surface area (Å²) in [6.45, 7) is 0. The maximum Gasteiger partial charge on any atom is 0.310 e. The molecule has 176 valence electrons. The highest BCUT2D eigenvalue weighted by Crippen LogP contribution is 2.42. The van der Waals surface area contributed by atoms with Crippen molar-refractivity contribution >= 4 is 22.1 Å². The van der Waals surface area contributed by atoms with Gasteiger partial charge in [0.05, 0.1) is 21.0 Å². The SMILES string of the molecule is C#Cc1ccc2c(Oc3ccc([N+](=O)[O-])c(O)c3)c(C#C)ccc2c1Oc1ccc([N+](=O)[O-])c(O)c1. The average Bonchev–Trinajstić information content (AvgIpc) is 2.84. The smallest absolute Gasteiger partial charge is 0.310 e. The molecule has 0 heterocycles. The van der Waals surface area contributed by atoms with Crippen molar-refractivity contribution in [1.82, 2.24) is 0 Å². The Morgan fingerprint density at radius 2 is 1.06 bits per heavy atom. The summed E-state index contributed by atoms with van der Waals surface area (Å²) in [4.78, 5) is 20.5. The summed E-state index contributed by atoms with van der Waals surface area (Å²) in [6.07, 6.45) is 11.3. The second-order valence-corrected chi connectivity index (χ2v) is 7.29. The number of phenolic OH excluding ortho intramolecular Hbond substituents is 2. The highest BCUT2D eigenvalue weighted by atomic mass is 16.6. The van der Waals surface area contributed by atoms with E-state index < -0.39 is 32.7 Å². The lowest BCUT2D eigenvalue weighted by Crippen LogP contribution is -1.95. The third-order valence-electron chi connectivity index (χ3n) is 5.14. The van der Waals surface area contributed by atoms with Crippen LogP contribution in [-0.2, 0) is 0 Å². The first-order valence-corrected chi connectivity index (χ1v) is 10.1. The van der Waals surface area contributed by atoms with Gasteiger partial charge in [-0.25, -0.2) is 0 Å². The van der Waals surface area contributed by atoms with Crippen LogP contribution in [0, 0.1) is 44.9 Å². The molecule has 36 heavy (non-hydrogen) atoms. The fourth-order valence-electron chi connectivity index (χ4n) is 3.48. The first-order valence-electron chi connectivity index (χ1n) is 10.1. The minimum atomic E-state index is -0.731. The number of nitro groups is 2. The van der Waals surface area contributed by atoms with E-state index in [2.05, 4.69) is 11.8 Å². The number of nitrogens with zero attached hydrogens (tertiary/aromatic N) is 2. The molecule has 0 aliphatic rings. The molecule has 0 atom stereocenters. The molecule has 0 saturated carbocycles. The van der Waals surface area contributed by atoms with E-state index in [1.54, 1.807) is 24.3 Å². The lowest BCUT2D eigenvalue weighted by atomic mass is 10.0. The molecule has 0 bridgehead atoms. The summed E-state index contributed by atoms with van der Waals surface area (Å²) in [5.41, 5.74) is -0.295. The average molecular weight is 482 g/mol. The van der Waals surface area contributed by atoms with Gasteiger partial charge in [-0.05, 0) is 36.4 Å². The van der Waals surface area contributed by atoms with Gasteiger partial charge in [-0.1, -0.05) is 11.8 Å². The second-order valence-electron chi connectivity index (χ2n) is 7.29. The van der Waals surface area contributed by atoms with Gasteiger partial charge in [0.25, 0.3) is 0 Å². The lowest BCUT2D eigenvalue weighted by Gasteiger charge is -2.16. The molecule has 0 unspecified atom stereocenters. The number of aromatic hydroxyl groups is 2. The summed E-state index contributed by atoms with van der Waals surface area (Å²) in [5.74, 6) is 4.40. The van der Waals surface area contributed by atoms with Crippen molar-refractivity contribution in [3.63, 3.8) is 0 Å². The molecular formula is C26H14N2O8. The zero-order chi connectivity index (χ0) is 26.0. The number of rotatable bonds is 6. The quantitative estimate of drug-likeness (QED) is 0.205. The van der Waals surface area contributed by atoms with Crippen molar-refractivity contribution in [3.8, 4) is 59.2 Å². The van der Waals surface area contributed by atoms with Crippen LogP contribution in [0.2, 0.25) is 0 Å². The number of hydrogen-bond donors (Lipinski definition) is 2. The van der Waals surface area contributed by atoms with Crippen molar-refractivity contribution in [1.29, 1.82) is 0 Å². The lowest BCUT2D eigenvalue weighted by molar-refractivity contribution is -0.386. The summed E-state index contributed by atoms with van der Waals surface area (Å²) >= 11 is 0. The fraction of sp³-hybridized carbons (Fsp3) is 0. The standard InChI is InChI=1S/C26H14N2O8/c1-3-15-5-9-20-19(25(15)35-17-7-11-21(27(31)32)23(29)13-17)10-6-16(4-2)26(20)36-18-8-12-22(28(33)34)24(30)14-18/h1-2,5-14,29-30H. The molecular weight excluding hydrogens is 468 g/mol. The monoisotopic (exact) mass is 482 g/mol. The third-order valence-corrected chi connectivity index (χ3v) is 5.14. The van der Waals surface area contributed by atoms with Gasteiger partial charge in [0.1, 0.15) is 11.5 Å². The van der Waals surface area contributed by atoms with Gasteiger partial charge in [0.15, 0.2) is 23.0 Å². The Balaban J connectivity index is 1.84. The van der Waals surface area contributed by atoms with E-state index >= 15 is 0 Å². The second kappa shape index (κ2) is 9.25. The van der Waals surface area contributed by atoms with E-state index in [1.165, 1.54) is 12.1 Å². The number of fused-ring (bicyclic) bond motifs is 1. The topological polar surface area (TPSA) is 145 Å². The van der Waals surface area contributed by atoms with Crippen LogP contribution < -0.4 is 9.47 Å². The van der Waals surface area contributed by atoms with Crippen LogP contribution in [0.1, 0.15) is 11.1 Å². The van der Waals surface area contributed by atoms with Gasteiger partial charge in [0, 0.05) is 35.0 Å². The van der Waals surface area contributed by atoms with Gasteiger partial charge < -0.3 is 19.7 Å². The zero-order valence-corrected chi connectivity index (χ0v) is 18.2. The predicted octanol–water partition coefficient (Wildman–Crippen LogP) is 5.61. The zero-order valence-electron chi connectivity index (χ0n) is 18.2. The Bertz CT molecular complexity index is 1520. The Morgan fingerprint density at radius 3 is 1.36 bits per heavy atom. The first kappa shape index (κ1) is 23.4. The van der Waals surface area contributed by atoms with Crippen molar-refractivity contribution in [3.05, 3.63) is 92.0 Å². The Hall–Kier alpha value is -5.74. The van der Waals surface area contributed by atoms with Crippen LogP contribution in [0.4, 0.5) is 11.4 Å². The highest BCUT2D eigenvalue weighted by molar-refractivity contribution is 5.97. The van der Waals surface area contributed by atoms with Crippen molar-refractivity contribution in [2.45, 2.75) is 0 Å². The summed E-state index contributed by atoms with van der Waals surface area (Å²) < 4.78 is 11.8. The van der Waals surface area contributed by atoms with E-state index in [1.807, 2.05) is 0 Å². The van der Waals surface area contributed by atoms with Gasteiger partial charge in [-0.3, -0.25) is 20.2 Å². The normalized spacial score (nSPS) is 10.3. The predicted molar refractivity (Wildman–Crippen MR) is 129 cm³/mol. The molecule has 4 rings (SSSR count). The van der Waals surface area contributed by atoms with E-state index in [9.17, 15) is 30.4 Å². The molecule has 10 nitrogen and oxygen atoms in total. The molecule has 10 heteroatoms. The van der Waals surface area contributed by atoms with Crippen LogP contribution in [-0.4, -0.2) is 20.1 Å². The summed E-state index contributed by atoms with van der Waals surface area (Å²) in [6, 6.07) is 13.4. The minimum absolute atomic E-state index is 0.0888. The van der Waals surface area contributed by atoms with Crippen molar-refractivity contribution in [2.24, 2.45) is 0 Å². The molecule has 2 N–H and O–H groups in total. The maximum atomic E-state index is 11.0. The molecule has 0 aliphatic carbocycles. The van der Waals surface area contributed by atoms with Gasteiger partial charge in [-0.15, -0.1) is 12.8 Å². The molecule has 0 amide bonds. The van der Waals surface area contributed by atoms with E-state index in [0.29, 0.717) is 21.9 Å². The summed E-state index contributed by atoms with van der Waals surface area (Å²) in [7, 11) is 0. The number of terminal acetylenes is 2. The molecule has 0 aromatic heterocycles. The molecule has 0 spiro atoms. The number of phenols is 2. The molecule has 0 aliphatic heterocycles. The highest BCUT2D eigenvalue weighted by Gasteiger charge is 2.19. The van der Waals surface area contributed by atoms with E-state index in [-0.39, 0.29) is 23.0 Å². The summed E-state index contributed by atoms with van der Waals surface area (Å²) in [5, 5.41) is 42.8. The first-order chi connectivity index (χ1) is 17.2. The van der Waals surface area contributed by atoms with Crippen molar-refractivity contribution < 1.29 is 29.5 Å². The largest absolute Gasteiger partial charge is 0.502 e. The number of nitro benzene ring substituents is 2. The Kier molecular flexibility index (Phi) is 6.02. The minimum Gasteiger partial charge on any atom is -0.502 e. The molecule has 0 fully saturated rings. The van der Waals surface area contributed by atoms with Crippen LogP contribution in [0.3, 0.4) is 0 Å². The van der Waals surface area contributed by atoms with Crippen LogP contribution >= 0.6 is 0 Å². The number of hydrogen-bond acceptors (Lipinski definition) is 8. The number of benzene rings is 4. The molecule has 0 saturated heterocycles. The Morgan fingerprint density at radius 1 is 0.667 bits per heavy atom. The van der Waals surface area contributed by atoms with Gasteiger partial charge in [-0.2, -0.15) is 0 Å². The molecule has 4 aromatic carbocycles. The van der Waals surface area contributed by atoms with Crippen LogP contribution in [0.15, 0.2) is 60.7 Å². The van der Waals surface area contributed by atoms with E-state index in [0.717, 1.165) is 24.3 Å². The van der Waals surface area contributed by atoms with Gasteiger partial charge >= 0.3 is 11.4 Å². The van der Waals surface area contributed by atoms with Crippen LogP contribution in [0.5, 0.6) is 34.5 Å². The van der Waals surface area contributed by atoms with Crippen LogP contribution in [0.25, 0.3) is 10.8 Å². The van der Waals surface area contributed by atoms with Gasteiger partial charge in [0.2, 0.25) is 0 Å². The Labute approximate surface area is 203 Å². The fourth-order valence-corrected chi connectivity index (χ4v) is 3.48. The van der Waals surface area contributed by atoms with Crippen molar-refractivity contribution in [2.75, 3.05) is 0 Å². The number of ether oxygens (including phenoxy) is 2.